The molecular weight excluding hydrogens is 572 g/mol. The molecule has 9 nitrogen and oxygen atoms in total. The standard InChI is InChI=1S/C23H12Br2N4O5/c24-12-9-17-20(18(25)10-12)26-19(11-27-21(30)15-3-1-2-4-16(15)22(27)31)28(23(17)32)13-5-7-14(8-6-13)29(33)34/h1-10H,11H2. The number of hydrogen-bond acceptors (Lipinski definition) is 6. The number of rotatable bonds is 4. The maximum atomic E-state index is 13.6. The van der Waals surface area contributed by atoms with Crippen LogP contribution in [0.2, 0.25) is 0 Å². The van der Waals surface area contributed by atoms with Crippen molar-refractivity contribution in [1.29, 1.82) is 0 Å². The SMILES string of the molecule is O=C1c2ccccc2C(=O)N1Cc1nc2c(Br)cc(Br)cc2c(=O)n1-c1ccc([N+](=O)[O-])cc1. The molecule has 4 aromatic rings. The maximum absolute atomic E-state index is 13.6. The highest BCUT2D eigenvalue weighted by atomic mass is 79.9. The minimum Gasteiger partial charge on any atom is -0.269 e. The molecule has 2 heterocycles. The van der Waals surface area contributed by atoms with E-state index < -0.39 is 22.3 Å². The lowest BCUT2D eigenvalue weighted by molar-refractivity contribution is -0.384. The van der Waals surface area contributed by atoms with Crippen LogP contribution in [0.5, 0.6) is 0 Å². The Morgan fingerprint density at radius 1 is 0.912 bits per heavy atom. The fourth-order valence-electron chi connectivity index (χ4n) is 3.88. The quantitative estimate of drug-likeness (QED) is 0.197. The van der Waals surface area contributed by atoms with Crippen LogP contribution in [0.3, 0.4) is 0 Å². The van der Waals surface area contributed by atoms with Gasteiger partial charge in [0.2, 0.25) is 0 Å². The van der Waals surface area contributed by atoms with Gasteiger partial charge in [-0.05, 0) is 52.3 Å². The van der Waals surface area contributed by atoms with E-state index in [0.717, 1.165) is 4.90 Å². The summed E-state index contributed by atoms with van der Waals surface area (Å²) >= 11 is 6.79. The summed E-state index contributed by atoms with van der Waals surface area (Å²) in [6.07, 6.45) is 0. The molecule has 5 rings (SSSR count). The summed E-state index contributed by atoms with van der Waals surface area (Å²) < 4.78 is 2.46. The molecule has 0 N–H and O–H groups in total. The molecule has 0 bridgehead atoms. The number of nitro groups is 1. The Labute approximate surface area is 208 Å². The number of aromatic nitrogens is 2. The molecule has 0 aliphatic carbocycles. The van der Waals surface area contributed by atoms with Crippen molar-refractivity contribution in [3.63, 3.8) is 0 Å². The van der Waals surface area contributed by atoms with Gasteiger partial charge in [0, 0.05) is 21.1 Å². The Kier molecular flexibility index (Phi) is 5.37. The van der Waals surface area contributed by atoms with Crippen LogP contribution in [0.15, 0.2) is 74.4 Å². The summed E-state index contributed by atoms with van der Waals surface area (Å²) in [5.41, 5.74) is 0.640. The van der Waals surface area contributed by atoms with Gasteiger partial charge in [-0.1, -0.05) is 28.1 Å². The molecule has 34 heavy (non-hydrogen) atoms. The van der Waals surface area contributed by atoms with Gasteiger partial charge in [0.05, 0.1) is 39.2 Å². The molecule has 2 amide bonds. The third-order valence-corrected chi connectivity index (χ3v) is 6.52. The van der Waals surface area contributed by atoms with Crippen molar-refractivity contribution in [1.82, 2.24) is 14.5 Å². The van der Waals surface area contributed by atoms with Gasteiger partial charge in [0.25, 0.3) is 23.1 Å². The molecule has 0 radical (unpaired) electrons. The van der Waals surface area contributed by atoms with Crippen LogP contribution >= 0.6 is 31.9 Å². The third-order valence-electron chi connectivity index (χ3n) is 5.46. The van der Waals surface area contributed by atoms with Gasteiger partial charge in [-0.15, -0.1) is 0 Å². The Morgan fingerprint density at radius 2 is 1.53 bits per heavy atom. The Morgan fingerprint density at radius 3 is 2.12 bits per heavy atom. The fourth-order valence-corrected chi connectivity index (χ4v) is 5.19. The first kappa shape index (κ1) is 22.1. The van der Waals surface area contributed by atoms with Gasteiger partial charge in [0.1, 0.15) is 5.82 Å². The molecule has 0 saturated carbocycles. The second-order valence-corrected chi connectivity index (χ2v) is 9.24. The summed E-state index contributed by atoms with van der Waals surface area (Å²) in [4.78, 5) is 55.7. The summed E-state index contributed by atoms with van der Waals surface area (Å²) in [7, 11) is 0. The van der Waals surface area contributed by atoms with E-state index in [2.05, 4.69) is 36.8 Å². The van der Waals surface area contributed by atoms with E-state index >= 15 is 0 Å². The van der Waals surface area contributed by atoms with Crippen LogP contribution in [-0.2, 0) is 6.54 Å². The summed E-state index contributed by atoms with van der Waals surface area (Å²) in [6.45, 7) is -0.267. The number of fused-ring (bicyclic) bond motifs is 2. The zero-order valence-electron chi connectivity index (χ0n) is 17.1. The monoisotopic (exact) mass is 582 g/mol. The predicted molar refractivity (Wildman–Crippen MR) is 130 cm³/mol. The van der Waals surface area contributed by atoms with E-state index in [1.165, 1.54) is 28.8 Å². The molecular formula is C23H12Br2N4O5. The second kappa shape index (κ2) is 8.26. The topological polar surface area (TPSA) is 115 Å². The van der Waals surface area contributed by atoms with Crippen molar-refractivity contribution in [2.24, 2.45) is 0 Å². The Hall–Kier alpha value is -3.70. The largest absolute Gasteiger partial charge is 0.269 e. The van der Waals surface area contributed by atoms with Gasteiger partial charge >= 0.3 is 0 Å². The molecule has 1 aliphatic rings. The highest BCUT2D eigenvalue weighted by Gasteiger charge is 2.36. The molecule has 0 saturated heterocycles. The van der Waals surface area contributed by atoms with E-state index in [-0.39, 0.29) is 34.6 Å². The van der Waals surface area contributed by atoms with Gasteiger partial charge in [-0.3, -0.25) is 34.0 Å². The van der Waals surface area contributed by atoms with Crippen molar-refractivity contribution in [3.8, 4) is 5.69 Å². The van der Waals surface area contributed by atoms with Crippen LogP contribution in [-0.4, -0.2) is 31.2 Å². The first-order valence-corrected chi connectivity index (χ1v) is 11.5. The van der Waals surface area contributed by atoms with Gasteiger partial charge in [0.15, 0.2) is 0 Å². The number of nitro benzene ring substituents is 1. The molecule has 1 aromatic heterocycles. The van der Waals surface area contributed by atoms with E-state index in [1.807, 2.05) is 0 Å². The predicted octanol–water partition coefficient (Wildman–Crippen LogP) is 4.62. The summed E-state index contributed by atoms with van der Waals surface area (Å²) in [5, 5.41) is 11.4. The van der Waals surface area contributed by atoms with Crippen LogP contribution in [0, 0.1) is 10.1 Å². The summed E-state index contributed by atoms with van der Waals surface area (Å²) in [6, 6.07) is 15.2. The number of benzene rings is 3. The zero-order chi connectivity index (χ0) is 24.1. The van der Waals surface area contributed by atoms with Crippen molar-refractivity contribution in [2.45, 2.75) is 6.54 Å². The molecule has 0 atom stereocenters. The molecule has 11 heteroatoms. The minimum atomic E-state index is -0.543. The van der Waals surface area contributed by atoms with E-state index in [1.54, 1.807) is 36.4 Å². The molecule has 1 aliphatic heterocycles. The van der Waals surface area contributed by atoms with Crippen molar-refractivity contribution >= 4 is 60.3 Å². The van der Waals surface area contributed by atoms with E-state index in [0.29, 0.717) is 20.1 Å². The molecule has 0 spiro atoms. The summed E-state index contributed by atoms with van der Waals surface area (Å²) in [5.74, 6) is -0.844. The number of halogens is 2. The van der Waals surface area contributed by atoms with Gasteiger partial charge in [-0.25, -0.2) is 4.98 Å². The number of amides is 2. The van der Waals surface area contributed by atoms with Crippen LogP contribution in [0.25, 0.3) is 16.6 Å². The Bertz CT molecular complexity index is 1560. The van der Waals surface area contributed by atoms with Crippen molar-refractivity contribution in [2.75, 3.05) is 0 Å². The average Bonchev–Trinajstić information content (AvgIpc) is 3.05. The molecule has 0 fully saturated rings. The van der Waals surface area contributed by atoms with Crippen molar-refractivity contribution in [3.05, 3.63) is 107 Å². The number of hydrogen-bond donors (Lipinski definition) is 0. The highest BCUT2D eigenvalue weighted by Crippen LogP contribution is 2.28. The van der Waals surface area contributed by atoms with E-state index in [4.69, 9.17) is 0 Å². The van der Waals surface area contributed by atoms with Gasteiger partial charge in [-0.2, -0.15) is 0 Å². The number of non-ortho nitro benzene ring substituents is 1. The van der Waals surface area contributed by atoms with Crippen molar-refractivity contribution < 1.29 is 14.5 Å². The minimum absolute atomic E-state index is 0.129. The van der Waals surface area contributed by atoms with Crippen LogP contribution in [0.1, 0.15) is 26.5 Å². The highest BCUT2D eigenvalue weighted by molar-refractivity contribution is 9.11. The first-order chi connectivity index (χ1) is 16.3. The fraction of sp³-hybridized carbons (Fsp3) is 0.0435. The number of imide groups is 1. The smallest absolute Gasteiger partial charge is 0.269 e. The lowest BCUT2D eigenvalue weighted by Crippen LogP contribution is -2.33. The molecule has 3 aromatic carbocycles. The van der Waals surface area contributed by atoms with Crippen LogP contribution in [0.4, 0.5) is 5.69 Å². The third kappa shape index (κ3) is 3.53. The number of nitrogens with zero attached hydrogens (tertiary/aromatic N) is 4. The first-order valence-electron chi connectivity index (χ1n) is 9.87. The Balaban J connectivity index is 1.71. The average molecular weight is 584 g/mol. The number of carbonyl (C=O) groups excluding carboxylic acids is 2. The van der Waals surface area contributed by atoms with Gasteiger partial charge < -0.3 is 0 Å². The van der Waals surface area contributed by atoms with Crippen LogP contribution < -0.4 is 5.56 Å². The maximum Gasteiger partial charge on any atom is 0.269 e. The van der Waals surface area contributed by atoms with E-state index in [9.17, 15) is 24.5 Å². The zero-order valence-corrected chi connectivity index (χ0v) is 20.2. The molecule has 0 unspecified atom stereocenters. The lowest BCUT2D eigenvalue weighted by atomic mass is 10.1. The second-order valence-electron chi connectivity index (χ2n) is 7.47. The number of carbonyl (C=O) groups is 2. The lowest BCUT2D eigenvalue weighted by Gasteiger charge is -2.19. The normalized spacial score (nSPS) is 12.9. The molecule has 168 valence electrons.